The van der Waals surface area contributed by atoms with Crippen LogP contribution in [0.2, 0.25) is 0 Å². The molecule has 1 amide bonds. The third kappa shape index (κ3) is 9.66. The lowest BCUT2D eigenvalue weighted by atomic mass is 10.1. The van der Waals surface area contributed by atoms with E-state index in [0.29, 0.717) is 13.1 Å². The van der Waals surface area contributed by atoms with Crippen molar-refractivity contribution in [3.8, 4) is 0 Å². The molecule has 0 spiro atoms. The maximum atomic E-state index is 13.9. The summed E-state index contributed by atoms with van der Waals surface area (Å²) in [5, 5.41) is 8.15. The normalized spacial score (nSPS) is 11.8. The van der Waals surface area contributed by atoms with Crippen molar-refractivity contribution in [3.63, 3.8) is 0 Å². The SMILES string of the molecule is CC(C)(C)OC(=O)N(Cc1ccc(C[P+](c2ccccc2)(c2ccccc2)c2ccccc2)cc1)Cc1ccc(C[P+](c2ccccc2)(c2ccccc2)c2ccccc2)cc1. The highest BCUT2D eigenvalue weighted by atomic mass is 31.2. The molecule has 0 saturated carbocycles. The second-order valence-electron chi connectivity index (χ2n) is 16.9. The van der Waals surface area contributed by atoms with Crippen molar-refractivity contribution in [1.29, 1.82) is 0 Å². The molecule has 0 unspecified atom stereocenters. The van der Waals surface area contributed by atoms with Crippen LogP contribution in [0.15, 0.2) is 231 Å². The van der Waals surface area contributed by atoms with Gasteiger partial charge in [-0.25, -0.2) is 4.79 Å². The van der Waals surface area contributed by atoms with Gasteiger partial charge in [0.15, 0.2) is 0 Å². The molecule has 8 aromatic carbocycles. The number of carbonyl (C=O) groups excluding carboxylic acids is 1. The predicted octanol–water partition coefficient (Wildman–Crippen LogP) is 11.6. The number of hydrogen-bond acceptors (Lipinski definition) is 2. The van der Waals surface area contributed by atoms with Gasteiger partial charge in [0.2, 0.25) is 0 Å². The molecule has 308 valence electrons. The Morgan fingerprint density at radius 2 is 0.597 bits per heavy atom. The Morgan fingerprint density at radius 3 is 0.823 bits per heavy atom. The lowest BCUT2D eigenvalue weighted by Crippen LogP contribution is -2.36. The number of rotatable bonds is 14. The van der Waals surface area contributed by atoms with E-state index in [1.165, 1.54) is 43.0 Å². The first-order valence-corrected chi connectivity index (χ1v) is 25.4. The second-order valence-corrected chi connectivity index (χ2v) is 23.9. The zero-order valence-corrected chi connectivity index (χ0v) is 37.7. The molecule has 0 fully saturated rings. The maximum Gasteiger partial charge on any atom is 0.410 e. The minimum Gasteiger partial charge on any atom is -0.444 e. The van der Waals surface area contributed by atoms with Crippen LogP contribution in [-0.4, -0.2) is 16.6 Å². The monoisotopic (exact) mass is 847 g/mol. The summed E-state index contributed by atoms with van der Waals surface area (Å²) >= 11 is 0. The molecule has 0 radical (unpaired) electrons. The minimum atomic E-state index is -2.06. The van der Waals surface area contributed by atoms with Crippen molar-refractivity contribution in [3.05, 3.63) is 253 Å². The highest BCUT2D eigenvalue weighted by Crippen LogP contribution is 2.59. The van der Waals surface area contributed by atoms with Gasteiger partial charge in [-0.05, 0) is 116 Å². The maximum absolute atomic E-state index is 13.9. The van der Waals surface area contributed by atoms with Gasteiger partial charge in [0.25, 0.3) is 0 Å². The van der Waals surface area contributed by atoms with Gasteiger partial charge in [0, 0.05) is 13.1 Å². The Morgan fingerprint density at radius 1 is 0.371 bits per heavy atom. The Kier molecular flexibility index (Phi) is 13.3. The largest absolute Gasteiger partial charge is 0.444 e. The van der Waals surface area contributed by atoms with Crippen molar-refractivity contribution in [2.75, 3.05) is 0 Å². The van der Waals surface area contributed by atoms with Crippen LogP contribution in [-0.2, 0) is 30.2 Å². The van der Waals surface area contributed by atoms with Crippen LogP contribution in [0.5, 0.6) is 0 Å². The Hall–Kier alpha value is -6.11. The molecule has 62 heavy (non-hydrogen) atoms. The standard InChI is InChI=1S/C57H55NO2P2/c1-57(2,3)60-56(59)58(42-46-34-38-48(39-35-46)44-61(50-22-10-4-11-23-50,51-24-12-5-13-25-51)52-26-14-6-15-27-52)43-47-36-40-49(41-37-47)45-62(53-28-16-7-17-29-53,54-30-18-8-19-31-54)55-32-20-9-21-33-55/h4-41H,42-45H2,1-3H3/q+2. The topological polar surface area (TPSA) is 29.5 Å². The number of hydrogen-bond donors (Lipinski definition) is 0. The summed E-state index contributed by atoms with van der Waals surface area (Å²) in [6, 6.07) is 83.8. The Labute approximate surface area is 369 Å². The van der Waals surface area contributed by atoms with Crippen molar-refractivity contribution in [1.82, 2.24) is 4.90 Å². The van der Waals surface area contributed by atoms with Crippen molar-refractivity contribution >= 4 is 52.4 Å². The summed E-state index contributed by atoms with van der Waals surface area (Å²) in [5.74, 6) is 0. The summed E-state index contributed by atoms with van der Waals surface area (Å²) in [6.45, 7) is 6.64. The van der Waals surface area contributed by atoms with E-state index in [0.717, 1.165) is 23.5 Å². The first-order chi connectivity index (χ1) is 30.2. The summed E-state index contributed by atoms with van der Waals surface area (Å²) in [4.78, 5) is 15.8. The van der Waals surface area contributed by atoms with Crippen LogP contribution in [0, 0.1) is 0 Å². The molecule has 0 saturated heterocycles. The van der Waals surface area contributed by atoms with Gasteiger partial charge in [0.05, 0.1) is 12.3 Å². The Bertz CT molecular complexity index is 2250. The number of nitrogens with zero attached hydrogens (tertiary/aromatic N) is 1. The molecule has 3 nitrogen and oxygen atoms in total. The number of ether oxygens (including phenoxy) is 1. The molecule has 5 heteroatoms. The van der Waals surface area contributed by atoms with Gasteiger partial charge in [-0.1, -0.05) is 158 Å². The molecule has 0 heterocycles. The highest BCUT2D eigenvalue weighted by molar-refractivity contribution is 7.95. The van der Waals surface area contributed by atoms with Crippen molar-refractivity contribution < 1.29 is 9.53 Å². The average Bonchev–Trinajstić information content (AvgIpc) is 3.32. The van der Waals surface area contributed by atoms with Gasteiger partial charge in [-0.2, -0.15) is 0 Å². The van der Waals surface area contributed by atoms with Crippen LogP contribution in [0.3, 0.4) is 0 Å². The lowest BCUT2D eigenvalue weighted by Gasteiger charge is -2.29. The van der Waals surface area contributed by atoms with Crippen LogP contribution < -0.4 is 31.8 Å². The van der Waals surface area contributed by atoms with E-state index in [-0.39, 0.29) is 6.09 Å². The second kappa shape index (κ2) is 19.3. The van der Waals surface area contributed by atoms with Gasteiger partial charge < -0.3 is 4.74 Å². The fourth-order valence-corrected chi connectivity index (χ4v) is 17.0. The third-order valence-electron chi connectivity index (χ3n) is 11.5. The van der Waals surface area contributed by atoms with Crippen LogP contribution in [0.4, 0.5) is 4.79 Å². The predicted molar refractivity (Wildman–Crippen MR) is 266 cm³/mol. The quantitative estimate of drug-likeness (QED) is 0.102. The van der Waals surface area contributed by atoms with Gasteiger partial charge in [0.1, 0.15) is 52.0 Å². The van der Waals surface area contributed by atoms with E-state index in [1.54, 1.807) is 0 Å². The molecule has 0 bridgehead atoms. The molecule has 0 aliphatic heterocycles. The third-order valence-corrected chi connectivity index (χ3v) is 20.2. The van der Waals surface area contributed by atoms with E-state index < -0.39 is 20.1 Å². The minimum absolute atomic E-state index is 0.324. The molecule has 8 aromatic rings. The van der Waals surface area contributed by atoms with Crippen LogP contribution in [0.1, 0.15) is 43.0 Å². The zero-order valence-electron chi connectivity index (χ0n) is 35.9. The summed E-state index contributed by atoms with van der Waals surface area (Å²) in [7, 11) is -4.11. The fraction of sp³-hybridized carbons (Fsp3) is 0.140. The number of amides is 1. The molecule has 0 atom stereocenters. The average molecular weight is 848 g/mol. The lowest BCUT2D eigenvalue weighted by molar-refractivity contribution is 0.0216. The molecular weight excluding hydrogens is 793 g/mol. The molecule has 8 rings (SSSR count). The van der Waals surface area contributed by atoms with Crippen molar-refractivity contribution in [2.24, 2.45) is 0 Å². The molecule has 0 N–H and O–H groups in total. The highest BCUT2D eigenvalue weighted by Gasteiger charge is 2.46. The van der Waals surface area contributed by atoms with E-state index >= 15 is 0 Å². The summed E-state index contributed by atoms with van der Waals surface area (Å²) in [6.07, 6.45) is 1.45. The van der Waals surface area contributed by atoms with Gasteiger partial charge in [-0.15, -0.1) is 0 Å². The van der Waals surface area contributed by atoms with Gasteiger partial charge >= 0.3 is 6.09 Å². The first-order valence-electron chi connectivity index (χ1n) is 21.5. The summed E-state index contributed by atoms with van der Waals surface area (Å²) < 4.78 is 6.01. The van der Waals surface area contributed by atoms with E-state index in [2.05, 4.69) is 231 Å². The van der Waals surface area contributed by atoms with E-state index in [4.69, 9.17) is 4.74 Å². The fourth-order valence-electron chi connectivity index (χ4n) is 8.54. The van der Waals surface area contributed by atoms with E-state index in [9.17, 15) is 4.79 Å². The van der Waals surface area contributed by atoms with Crippen molar-refractivity contribution in [2.45, 2.75) is 51.8 Å². The van der Waals surface area contributed by atoms with Gasteiger partial charge in [-0.3, -0.25) is 4.90 Å². The smallest absolute Gasteiger partial charge is 0.410 e. The molecular formula is C57H55NO2P2+2. The van der Waals surface area contributed by atoms with Crippen LogP contribution >= 0.6 is 14.5 Å². The first kappa shape index (κ1) is 42.6. The number of carbonyl (C=O) groups is 1. The Balaban J connectivity index is 1.07. The van der Waals surface area contributed by atoms with E-state index in [1.807, 2.05) is 25.7 Å². The number of benzene rings is 8. The zero-order chi connectivity index (χ0) is 42.8. The molecule has 0 aromatic heterocycles. The molecule has 0 aliphatic carbocycles. The molecule has 0 aliphatic rings. The van der Waals surface area contributed by atoms with Crippen LogP contribution in [0.25, 0.3) is 0 Å². The summed E-state index contributed by atoms with van der Waals surface area (Å²) in [5.41, 5.74) is 4.02.